The summed E-state index contributed by atoms with van der Waals surface area (Å²) >= 11 is 0. The van der Waals surface area contributed by atoms with Crippen LogP contribution in [0.3, 0.4) is 0 Å². The number of ether oxygens (including phenoxy) is 5. The van der Waals surface area contributed by atoms with Gasteiger partial charge in [-0.05, 0) is 42.0 Å². The first kappa shape index (κ1) is 26.7. The Morgan fingerprint density at radius 1 is 0.757 bits per heavy atom. The smallest absolute Gasteiger partial charge is 0.342 e. The first-order valence-electron chi connectivity index (χ1n) is 10.7. The number of carbonyl (C=O) groups excluding carboxylic acids is 5. The zero-order valence-electron chi connectivity index (χ0n) is 20.5. The van der Waals surface area contributed by atoms with Crippen LogP contribution in [0.5, 0.6) is 17.2 Å². The van der Waals surface area contributed by atoms with E-state index in [1.165, 1.54) is 71.4 Å². The zero-order chi connectivity index (χ0) is 27.3. The minimum absolute atomic E-state index is 0.00729. The molecule has 0 saturated carbocycles. The molecule has 0 unspecified atom stereocenters. The summed E-state index contributed by atoms with van der Waals surface area (Å²) in [5, 5.41) is 0.211. The van der Waals surface area contributed by atoms with E-state index in [0.29, 0.717) is 5.56 Å². The van der Waals surface area contributed by atoms with Gasteiger partial charge in [0.1, 0.15) is 11.3 Å². The molecular formula is C26H22O11. The highest BCUT2D eigenvalue weighted by Gasteiger charge is 2.27. The van der Waals surface area contributed by atoms with Crippen LogP contribution in [0.1, 0.15) is 36.7 Å². The Hall–Kier alpha value is -4.93. The Morgan fingerprint density at radius 2 is 1.38 bits per heavy atom. The van der Waals surface area contributed by atoms with Crippen LogP contribution in [0.4, 0.5) is 0 Å². The molecule has 192 valence electrons. The highest BCUT2D eigenvalue weighted by Crippen LogP contribution is 2.42. The van der Waals surface area contributed by atoms with Gasteiger partial charge in [-0.2, -0.15) is 0 Å². The van der Waals surface area contributed by atoms with Gasteiger partial charge < -0.3 is 28.1 Å². The second-order valence-corrected chi connectivity index (χ2v) is 7.49. The molecular weight excluding hydrogens is 488 g/mol. The van der Waals surface area contributed by atoms with Crippen molar-refractivity contribution in [3.05, 3.63) is 47.5 Å². The van der Waals surface area contributed by atoms with E-state index in [0.717, 1.165) is 6.08 Å². The van der Waals surface area contributed by atoms with Crippen molar-refractivity contribution in [3.63, 3.8) is 0 Å². The first-order chi connectivity index (χ1) is 17.5. The van der Waals surface area contributed by atoms with E-state index in [4.69, 9.17) is 23.4 Å². The van der Waals surface area contributed by atoms with Crippen molar-refractivity contribution in [3.8, 4) is 28.6 Å². The Kier molecular flexibility index (Phi) is 8.08. The third-order valence-electron chi connectivity index (χ3n) is 4.75. The lowest BCUT2D eigenvalue weighted by molar-refractivity contribution is -0.135. The fourth-order valence-electron chi connectivity index (χ4n) is 3.38. The minimum Gasteiger partial charge on any atom is -0.466 e. The molecule has 11 nitrogen and oxygen atoms in total. The van der Waals surface area contributed by atoms with Crippen LogP contribution in [0.25, 0.3) is 28.4 Å². The molecule has 0 N–H and O–H groups in total. The van der Waals surface area contributed by atoms with E-state index in [9.17, 15) is 24.0 Å². The zero-order valence-corrected chi connectivity index (χ0v) is 20.5. The second-order valence-electron chi connectivity index (χ2n) is 7.49. The molecule has 1 heterocycles. The summed E-state index contributed by atoms with van der Waals surface area (Å²) in [5.74, 6) is -3.54. The van der Waals surface area contributed by atoms with Crippen LogP contribution >= 0.6 is 0 Å². The van der Waals surface area contributed by atoms with E-state index >= 15 is 0 Å². The maximum absolute atomic E-state index is 12.9. The summed E-state index contributed by atoms with van der Waals surface area (Å²) in [7, 11) is 2.39. The molecule has 0 aliphatic rings. The molecule has 0 aliphatic heterocycles. The van der Waals surface area contributed by atoms with Crippen molar-refractivity contribution in [2.45, 2.75) is 20.8 Å². The van der Waals surface area contributed by atoms with Gasteiger partial charge in [0.25, 0.3) is 0 Å². The topological polar surface area (TPSA) is 145 Å². The van der Waals surface area contributed by atoms with Crippen molar-refractivity contribution in [2.24, 2.45) is 0 Å². The van der Waals surface area contributed by atoms with E-state index < -0.39 is 29.8 Å². The Balaban J connectivity index is 2.32. The molecule has 0 radical (unpaired) electrons. The number of hydrogen-bond donors (Lipinski definition) is 0. The van der Waals surface area contributed by atoms with Gasteiger partial charge in [-0.25, -0.2) is 9.59 Å². The molecule has 2 aromatic carbocycles. The number of hydrogen-bond acceptors (Lipinski definition) is 11. The summed E-state index contributed by atoms with van der Waals surface area (Å²) in [6, 6.07) is 7.14. The van der Waals surface area contributed by atoms with Gasteiger partial charge in [0.15, 0.2) is 22.8 Å². The average molecular weight is 510 g/mol. The predicted molar refractivity (Wildman–Crippen MR) is 128 cm³/mol. The molecule has 1 aromatic heterocycles. The molecule has 3 rings (SSSR count). The molecule has 11 heteroatoms. The molecule has 0 saturated heterocycles. The lowest BCUT2D eigenvalue weighted by atomic mass is 10.0. The van der Waals surface area contributed by atoms with E-state index in [2.05, 4.69) is 4.74 Å². The van der Waals surface area contributed by atoms with Crippen LogP contribution in [0.2, 0.25) is 0 Å². The van der Waals surface area contributed by atoms with Gasteiger partial charge in [-0.3, -0.25) is 14.4 Å². The molecule has 0 aliphatic carbocycles. The largest absolute Gasteiger partial charge is 0.466 e. The normalized spacial score (nSPS) is 10.7. The van der Waals surface area contributed by atoms with Gasteiger partial charge >= 0.3 is 29.8 Å². The van der Waals surface area contributed by atoms with Crippen molar-refractivity contribution in [1.82, 2.24) is 0 Å². The van der Waals surface area contributed by atoms with Crippen LogP contribution in [-0.4, -0.2) is 44.1 Å². The summed E-state index contributed by atoms with van der Waals surface area (Å²) in [6.45, 7) is 3.54. The highest BCUT2D eigenvalue weighted by molar-refractivity contribution is 6.11. The molecule has 0 atom stereocenters. The monoisotopic (exact) mass is 510 g/mol. The third-order valence-corrected chi connectivity index (χ3v) is 4.75. The van der Waals surface area contributed by atoms with Gasteiger partial charge in [0.05, 0.1) is 14.2 Å². The van der Waals surface area contributed by atoms with E-state index in [1.54, 1.807) is 0 Å². The molecule has 0 bridgehead atoms. The predicted octanol–water partition coefficient (Wildman–Crippen LogP) is 3.85. The van der Waals surface area contributed by atoms with E-state index in [-0.39, 0.29) is 45.1 Å². The van der Waals surface area contributed by atoms with Gasteiger partial charge in [-0.1, -0.05) is 0 Å². The number of methoxy groups -OCH3 is 2. The molecule has 0 amide bonds. The van der Waals surface area contributed by atoms with Gasteiger partial charge in [-0.15, -0.1) is 0 Å². The standard InChI is InChI=1S/C26H22O11/c1-13(27)34-19-8-7-17(12-20(19)35-14(2)28)24-23(26(31)33-5)18-10-16(6-9-22(30)32-4)11-21(25(18)37-24)36-15(3)29/h6-12H,1-5H3/b9-6+. The second kappa shape index (κ2) is 11.2. The fourth-order valence-corrected chi connectivity index (χ4v) is 3.38. The van der Waals surface area contributed by atoms with Gasteiger partial charge in [0.2, 0.25) is 0 Å². The number of esters is 5. The van der Waals surface area contributed by atoms with Crippen molar-refractivity contribution >= 4 is 46.9 Å². The molecule has 0 fully saturated rings. The third kappa shape index (κ3) is 6.20. The summed E-state index contributed by atoms with van der Waals surface area (Å²) < 4.78 is 31.1. The lowest BCUT2D eigenvalue weighted by Crippen LogP contribution is -2.07. The Bertz CT molecular complexity index is 1440. The van der Waals surface area contributed by atoms with Crippen LogP contribution in [-0.2, 0) is 28.7 Å². The van der Waals surface area contributed by atoms with Crippen molar-refractivity contribution in [1.29, 1.82) is 0 Å². The molecule has 3 aromatic rings. The number of rotatable bonds is 7. The molecule has 0 spiro atoms. The number of fused-ring (bicyclic) bond motifs is 1. The SMILES string of the molecule is COC(=O)/C=C/c1cc(OC(C)=O)c2oc(-c3ccc(OC(C)=O)c(OC(C)=O)c3)c(C(=O)OC)c2c1. The molecule has 37 heavy (non-hydrogen) atoms. The summed E-state index contributed by atoms with van der Waals surface area (Å²) in [6.07, 6.45) is 2.55. The lowest BCUT2D eigenvalue weighted by Gasteiger charge is -2.10. The number of benzene rings is 2. The number of carbonyl (C=O) groups is 5. The quantitative estimate of drug-likeness (QED) is 0.260. The minimum atomic E-state index is -0.783. The van der Waals surface area contributed by atoms with Crippen LogP contribution in [0, 0.1) is 0 Å². The van der Waals surface area contributed by atoms with Crippen molar-refractivity contribution in [2.75, 3.05) is 14.2 Å². The van der Waals surface area contributed by atoms with Crippen LogP contribution < -0.4 is 14.2 Å². The van der Waals surface area contributed by atoms with Crippen molar-refractivity contribution < 1.29 is 52.1 Å². The fraction of sp³-hybridized carbons (Fsp3) is 0.192. The van der Waals surface area contributed by atoms with Gasteiger partial charge in [0, 0.05) is 37.8 Å². The summed E-state index contributed by atoms with van der Waals surface area (Å²) in [4.78, 5) is 59.3. The van der Waals surface area contributed by atoms with Crippen LogP contribution in [0.15, 0.2) is 40.8 Å². The first-order valence-corrected chi connectivity index (χ1v) is 10.7. The maximum Gasteiger partial charge on any atom is 0.342 e. The maximum atomic E-state index is 12.9. The summed E-state index contributed by atoms with van der Waals surface area (Å²) in [5.41, 5.74) is 0.647. The Morgan fingerprint density at radius 3 is 1.97 bits per heavy atom. The highest BCUT2D eigenvalue weighted by atomic mass is 16.6. The average Bonchev–Trinajstić information content (AvgIpc) is 3.22. The van der Waals surface area contributed by atoms with E-state index in [1.807, 2.05) is 0 Å². The Labute approximate surface area is 210 Å². The number of furan rings is 1.